The van der Waals surface area contributed by atoms with Crippen molar-refractivity contribution in [1.29, 1.82) is 5.26 Å². The molecule has 33 heavy (non-hydrogen) atoms. The third-order valence-corrected chi connectivity index (χ3v) is 6.70. The van der Waals surface area contributed by atoms with E-state index >= 15 is 0 Å². The average molecular weight is 476 g/mol. The Kier molecular flexibility index (Phi) is 7.40. The minimum atomic E-state index is -0.199. The van der Waals surface area contributed by atoms with Crippen LogP contribution in [0, 0.1) is 11.3 Å². The molecule has 0 radical (unpaired) electrons. The van der Waals surface area contributed by atoms with Crippen LogP contribution in [-0.2, 0) is 17.8 Å². The highest BCUT2D eigenvalue weighted by Crippen LogP contribution is 2.31. The third-order valence-electron chi connectivity index (χ3n) is 4.90. The molecular weight excluding hydrogens is 454 g/mol. The van der Waals surface area contributed by atoms with Crippen molar-refractivity contribution < 1.29 is 9.53 Å². The summed E-state index contributed by atoms with van der Waals surface area (Å²) < 4.78 is 7.55. The van der Waals surface area contributed by atoms with Crippen LogP contribution in [0.5, 0.6) is 5.75 Å². The summed E-state index contributed by atoms with van der Waals surface area (Å²) in [6.07, 6.45) is 0.793. The number of benzene rings is 2. The molecule has 0 spiro atoms. The number of anilines is 1. The fourth-order valence-corrected chi connectivity index (χ4v) is 4.82. The standard InChI is InChI=1S/C24H21N5O2S2/c1-31-20-10-6-5-9-19(20)22-27-28-24(29(22)13-11-17-7-3-2-4-8-17)33-16-21(30)26-23-18(15-25)12-14-32-23/h2-10,12,14H,11,13,16H2,1H3,(H,26,30). The Morgan fingerprint density at radius 1 is 1.15 bits per heavy atom. The van der Waals surface area contributed by atoms with E-state index < -0.39 is 0 Å². The molecule has 0 unspecified atom stereocenters. The van der Waals surface area contributed by atoms with E-state index in [0.717, 1.165) is 12.0 Å². The molecule has 0 aliphatic rings. The summed E-state index contributed by atoms with van der Waals surface area (Å²) in [5.74, 6) is 1.35. The number of carbonyl (C=O) groups is 1. The molecule has 2 heterocycles. The molecule has 0 aliphatic carbocycles. The van der Waals surface area contributed by atoms with Gasteiger partial charge in [0.1, 0.15) is 16.8 Å². The Labute approximate surface area is 200 Å². The second-order valence-corrected chi connectivity index (χ2v) is 8.86. The van der Waals surface area contributed by atoms with E-state index in [1.807, 2.05) is 47.0 Å². The Morgan fingerprint density at radius 3 is 2.73 bits per heavy atom. The largest absolute Gasteiger partial charge is 0.496 e. The first-order valence-electron chi connectivity index (χ1n) is 10.2. The van der Waals surface area contributed by atoms with Gasteiger partial charge in [0.05, 0.1) is 24.0 Å². The summed E-state index contributed by atoms with van der Waals surface area (Å²) in [7, 11) is 1.63. The number of aromatic nitrogens is 3. The quantitative estimate of drug-likeness (QED) is 0.348. The number of rotatable bonds is 9. The lowest BCUT2D eigenvalue weighted by Gasteiger charge is -2.12. The molecule has 0 aliphatic heterocycles. The van der Waals surface area contributed by atoms with Crippen LogP contribution >= 0.6 is 23.1 Å². The zero-order valence-corrected chi connectivity index (χ0v) is 19.5. The highest BCUT2D eigenvalue weighted by atomic mass is 32.2. The van der Waals surface area contributed by atoms with Crippen molar-refractivity contribution in [2.45, 2.75) is 18.1 Å². The Balaban J connectivity index is 1.55. The van der Waals surface area contributed by atoms with E-state index in [1.165, 1.54) is 28.7 Å². The van der Waals surface area contributed by atoms with Gasteiger partial charge in [0, 0.05) is 6.54 Å². The summed E-state index contributed by atoms with van der Waals surface area (Å²) in [6.45, 7) is 0.651. The van der Waals surface area contributed by atoms with Crippen LogP contribution < -0.4 is 10.1 Å². The second kappa shape index (κ2) is 10.8. The average Bonchev–Trinajstić information content (AvgIpc) is 3.48. The van der Waals surface area contributed by atoms with Crippen molar-refractivity contribution in [2.75, 3.05) is 18.2 Å². The van der Waals surface area contributed by atoms with E-state index in [9.17, 15) is 4.79 Å². The molecule has 0 fully saturated rings. The number of ether oxygens (including phenoxy) is 1. The maximum atomic E-state index is 12.5. The van der Waals surface area contributed by atoms with Crippen molar-refractivity contribution in [3.63, 3.8) is 0 Å². The van der Waals surface area contributed by atoms with Gasteiger partial charge in [-0.1, -0.05) is 54.2 Å². The van der Waals surface area contributed by atoms with Crippen LogP contribution in [0.3, 0.4) is 0 Å². The number of thioether (sulfide) groups is 1. The second-order valence-electron chi connectivity index (χ2n) is 7.01. The molecule has 9 heteroatoms. The molecule has 0 saturated heterocycles. The van der Waals surface area contributed by atoms with Crippen molar-refractivity contribution in [3.8, 4) is 23.2 Å². The van der Waals surface area contributed by atoms with Crippen molar-refractivity contribution in [3.05, 3.63) is 77.2 Å². The van der Waals surface area contributed by atoms with E-state index in [1.54, 1.807) is 18.6 Å². The molecule has 7 nitrogen and oxygen atoms in total. The molecular formula is C24H21N5O2S2. The lowest BCUT2D eigenvalue weighted by atomic mass is 10.1. The molecule has 2 aromatic carbocycles. The lowest BCUT2D eigenvalue weighted by Crippen LogP contribution is -2.14. The van der Waals surface area contributed by atoms with Gasteiger partial charge in [-0.15, -0.1) is 21.5 Å². The summed E-state index contributed by atoms with van der Waals surface area (Å²) in [5, 5.41) is 23.7. The number of nitrogens with one attached hydrogen (secondary N) is 1. The number of carbonyl (C=O) groups excluding carboxylic acids is 1. The van der Waals surface area contributed by atoms with E-state index in [4.69, 9.17) is 10.00 Å². The zero-order valence-electron chi connectivity index (χ0n) is 17.9. The molecule has 0 bridgehead atoms. The van der Waals surface area contributed by atoms with Crippen molar-refractivity contribution in [2.24, 2.45) is 0 Å². The Morgan fingerprint density at radius 2 is 1.94 bits per heavy atom. The van der Waals surface area contributed by atoms with Gasteiger partial charge in [-0.2, -0.15) is 5.26 Å². The summed E-state index contributed by atoms with van der Waals surface area (Å²) in [5.41, 5.74) is 2.50. The predicted octanol–water partition coefficient (Wildman–Crippen LogP) is 4.86. The molecule has 1 N–H and O–H groups in total. The van der Waals surface area contributed by atoms with Crippen LogP contribution in [-0.4, -0.2) is 33.5 Å². The van der Waals surface area contributed by atoms with Crippen LogP contribution in [0.1, 0.15) is 11.1 Å². The number of methoxy groups -OCH3 is 1. The Bertz CT molecular complexity index is 1280. The van der Waals surface area contributed by atoms with Gasteiger partial charge in [0.15, 0.2) is 11.0 Å². The monoisotopic (exact) mass is 475 g/mol. The summed E-state index contributed by atoms with van der Waals surface area (Å²) in [4.78, 5) is 12.5. The number of amides is 1. The number of aryl methyl sites for hydroxylation is 1. The maximum Gasteiger partial charge on any atom is 0.235 e. The smallest absolute Gasteiger partial charge is 0.235 e. The van der Waals surface area contributed by atoms with Crippen LogP contribution in [0.2, 0.25) is 0 Å². The molecule has 2 aromatic heterocycles. The first-order valence-corrected chi connectivity index (χ1v) is 12.1. The Hall–Kier alpha value is -3.61. The fourth-order valence-electron chi connectivity index (χ4n) is 3.30. The number of para-hydroxylation sites is 1. The van der Waals surface area contributed by atoms with Gasteiger partial charge >= 0.3 is 0 Å². The third kappa shape index (κ3) is 5.42. The predicted molar refractivity (Wildman–Crippen MR) is 131 cm³/mol. The fraction of sp³-hybridized carbons (Fsp3) is 0.167. The van der Waals surface area contributed by atoms with Crippen LogP contribution in [0.4, 0.5) is 5.00 Å². The SMILES string of the molecule is COc1ccccc1-c1nnc(SCC(=O)Nc2sccc2C#N)n1CCc1ccccc1. The minimum absolute atomic E-state index is 0.151. The van der Waals surface area contributed by atoms with E-state index in [0.29, 0.717) is 33.8 Å². The van der Waals surface area contributed by atoms with Gasteiger partial charge in [-0.3, -0.25) is 4.79 Å². The van der Waals surface area contributed by atoms with Crippen molar-refractivity contribution >= 4 is 34.0 Å². The lowest BCUT2D eigenvalue weighted by molar-refractivity contribution is -0.113. The normalized spacial score (nSPS) is 10.5. The molecule has 0 atom stereocenters. The molecule has 166 valence electrons. The number of hydrogen-bond acceptors (Lipinski definition) is 7. The van der Waals surface area contributed by atoms with E-state index in [-0.39, 0.29) is 11.7 Å². The van der Waals surface area contributed by atoms with E-state index in [2.05, 4.69) is 33.7 Å². The number of thiophene rings is 1. The summed E-state index contributed by atoms with van der Waals surface area (Å²) >= 11 is 2.64. The number of nitriles is 1. The first-order chi connectivity index (χ1) is 16.2. The van der Waals surface area contributed by atoms with Crippen molar-refractivity contribution in [1.82, 2.24) is 14.8 Å². The number of hydrogen-bond donors (Lipinski definition) is 1. The zero-order chi connectivity index (χ0) is 23.0. The minimum Gasteiger partial charge on any atom is -0.496 e. The van der Waals surface area contributed by atoms with Crippen LogP contribution in [0.25, 0.3) is 11.4 Å². The molecule has 1 amide bonds. The van der Waals surface area contributed by atoms with Gasteiger partial charge in [0.2, 0.25) is 5.91 Å². The summed E-state index contributed by atoms with van der Waals surface area (Å²) in [6, 6.07) is 21.6. The number of nitrogens with zero attached hydrogens (tertiary/aromatic N) is 4. The van der Waals surface area contributed by atoms with Gasteiger partial charge in [-0.25, -0.2) is 0 Å². The topological polar surface area (TPSA) is 92.8 Å². The van der Waals surface area contributed by atoms with Gasteiger partial charge in [-0.05, 0) is 35.6 Å². The molecule has 0 saturated carbocycles. The first kappa shape index (κ1) is 22.6. The van der Waals surface area contributed by atoms with Gasteiger partial charge in [0.25, 0.3) is 0 Å². The maximum absolute atomic E-state index is 12.5. The molecule has 4 rings (SSSR count). The molecule has 4 aromatic rings. The highest BCUT2D eigenvalue weighted by Gasteiger charge is 2.19. The van der Waals surface area contributed by atoms with Gasteiger partial charge < -0.3 is 14.6 Å². The van der Waals surface area contributed by atoms with Crippen LogP contribution in [0.15, 0.2) is 71.2 Å². The highest BCUT2D eigenvalue weighted by molar-refractivity contribution is 7.99.